The Morgan fingerprint density at radius 3 is 2.76 bits per heavy atom. The van der Waals surface area contributed by atoms with Crippen molar-refractivity contribution < 1.29 is 19.4 Å². The van der Waals surface area contributed by atoms with Crippen molar-refractivity contribution in [3.8, 4) is 0 Å². The Bertz CT molecular complexity index is 385. The Morgan fingerprint density at radius 1 is 1.47 bits per heavy atom. The minimum absolute atomic E-state index is 0.105. The summed E-state index contributed by atoms with van der Waals surface area (Å²) in [5, 5.41) is 9.49. The maximum absolute atomic E-state index is 11.7. The summed E-state index contributed by atoms with van der Waals surface area (Å²) in [5.41, 5.74) is 1.61. The van der Waals surface area contributed by atoms with E-state index in [0.29, 0.717) is 18.6 Å². The molecule has 4 heteroatoms. The van der Waals surface area contributed by atoms with Crippen LogP contribution in [0.4, 0.5) is 0 Å². The van der Waals surface area contributed by atoms with Crippen molar-refractivity contribution in [2.75, 3.05) is 13.2 Å². The number of ether oxygens (including phenoxy) is 2. The van der Waals surface area contributed by atoms with Gasteiger partial charge in [0.1, 0.15) is 12.7 Å². The standard InChI is InChI=1S/C13H16O4/c1-9-2-4-10(5-3-9)13(15)17-8-12-11(14)6-7-16-12/h2-5,11-12,14H,6-8H2,1H3. The van der Waals surface area contributed by atoms with Crippen LogP contribution in [0.15, 0.2) is 24.3 Å². The lowest BCUT2D eigenvalue weighted by Crippen LogP contribution is -2.27. The summed E-state index contributed by atoms with van der Waals surface area (Å²) in [6.07, 6.45) is -0.308. The van der Waals surface area contributed by atoms with Gasteiger partial charge in [0, 0.05) is 6.61 Å². The van der Waals surface area contributed by atoms with E-state index in [1.165, 1.54) is 0 Å². The molecule has 2 unspecified atom stereocenters. The van der Waals surface area contributed by atoms with Gasteiger partial charge in [-0.15, -0.1) is 0 Å². The molecule has 1 aliphatic rings. The van der Waals surface area contributed by atoms with Crippen molar-refractivity contribution in [3.63, 3.8) is 0 Å². The monoisotopic (exact) mass is 236 g/mol. The van der Waals surface area contributed by atoms with E-state index < -0.39 is 6.10 Å². The molecule has 0 amide bonds. The zero-order valence-electron chi connectivity index (χ0n) is 9.76. The molecule has 0 spiro atoms. The smallest absolute Gasteiger partial charge is 0.338 e. The van der Waals surface area contributed by atoms with Crippen LogP contribution < -0.4 is 0 Å². The first-order chi connectivity index (χ1) is 8.16. The SMILES string of the molecule is Cc1ccc(C(=O)OCC2OCCC2O)cc1. The molecule has 0 aliphatic carbocycles. The van der Waals surface area contributed by atoms with Gasteiger partial charge in [0.15, 0.2) is 0 Å². The van der Waals surface area contributed by atoms with Gasteiger partial charge in [0.25, 0.3) is 0 Å². The third-order valence-corrected chi connectivity index (χ3v) is 2.84. The third kappa shape index (κ3) is 3.05. The number of hydrogen-bond donors (Lipinski definition) is 1. The van der Waals surface area contributed by atoms with E-state index in [0.717, 1.165) is 5.56 Å². The van der Waals surface area contributed by atoms with Gasteiger partial charge in [0.05, 0.1) is 11.7 Å². The second-order valence-corrected chi connectivity index (χ2v) is 4.23. The Balaban J connectivity index is 1.87. The molecular formula is C13H16O4. The van der Waals surface area contributed by atoms with Gasteiger partial charge >= 0.3 is 5.97 Å². The van der Waals surface area contributed by atoms with Crippen LogP contribution in [0.3, 0.4) is 0 Å². The van der Waals surface area contributed by atoms with Crippen molar-refractivity contribution in [1.29, 1.82) is 0 Å². The molecule has 1 saturated heterocycles. The quantitative estimate of drug-likeness (QED) is 0.804. The molecule has 1 heterocycles. The highest BCUT2D eigenvalue weighted by molar-refractivity contribution is 5.89. The van der Waals surface area contributed by atoms with Crippen molar-refractivity contribution in [2.45, 2.75) is 25.6 Å². The van der Waals surface area contributed by atoms with Crippen molar-refractivity contribution in [2.24, 2.45) is 0 Å². The fourth-order valence-electron chi connectivity index (χ4n) is 1.73. The molecule has 0 bridgehead atoms. The highest BCUT2D eigenvalue weighted by Crippen LogP contribution is 2.14. The minimum atomic E-state index is -0.527. The predicted molar refractivity (Wildman–Crippen MR) is 61.8 cm³/mol. The molecule has 1 aliphatic heterocycles. The molecule has 1 N–H and O–H groups in total. The number of aliphatic hydroxyl groups is 1. The number of esters is 1. The first-order valence-corrected chi connectivity index (χ1v) is 5.70. The van der Waals surface area contributed by atoms with E-state index in [1.54, 1.807) is 12.1 Å². The number of aryl methyl sites for hydroxylation is 1. The Labute approximate surface area is 100 Å². The van der Waals surface area contributed by atoms with E-state index in [9.17, 15) is 9.90 Å². The van der Waals surface area contributed by atoms with E-state index >= 15 is 0 Å². The number of benzene rings is 1. The summed E-state index contributed by atoms with van der Waals surface area (Å²) >= 11 is 0. The summed E-state index contributed by atoms with van der Waals surface area (Å²) in [6, 6.07) is 7.17. The lowest BCUT2D eigenvalue weighted by atomic mass is 10.1. The lowest BCUT2D eigenvalue weighted by molar-refractivity contribution is -0.0143. The second kappa shape index (κ2) is 5.29. The molecule has 2 rings (SSSR count). The molecule has 4 nitrogen and oxygen atoms in total. The molecule has 17 heavy (non-hydrogen) atoms. The predicted octanol–water partition coefficient (Wildman–Crippen LogP) is 1.30. The third-order valence-electron chi connectivity index (χ3n) is 2.84. The zero-order chi connectivity index (χ0) is 12.3. The Kier molecular flexibility index (Phi) is 3.76. The van der Waals surface area contributed by atoms with Gasteiger partial charge in [-0.1, -0.05) is 17.7 Å². The first kappa shape index (κ1) is 12.1. The summed E-state index contributed by atoms with van der Waals surface area (Å²) in [7, 11) is 0. The van der Waals surface area contributed by atoms with Gasteiger partial charge in [-0.3, -0.25) is 0 Å². The molecule has 1 aromatic carbocycles. The average molecular weight is 236 g/mol. The largest absolute Gasteiger partial charge is 0.459 e. The number of carbonyl (C=O) groups is 1. The summed E-state index contributed by atoms with van der Waals surface area (Å²) < 4.78 is 10.3. The fraction of sp³-hybridized carbons (Fsp3) is 0.462. The van der Waals surface area contributed by atoms with Crippen LogP contribution in [0.25, 0.3) is 0 Å². The minimum Gasteiger partial charge on any atom is -0.459 e. The van der Waals surface area contributed by atoms with Crippen LogP contribution in [-0.4, -0.2) is 36.5 Å². The van der Waals surface area contributed by atoms with Crippen molar-refractivity contribution in [3.05, 3.63) is 35.4 Å². The maximum atomic E-state index is 11.7. The maximum Gasteiger partial charge on any atom is 0.338 e. The highest BCUT2D eigenvalue weighted by atomic mass is 16.6. The number of carbonyl (C=O) groups excluding carboxylic acids is 1. The van der Waals surface area contributed by atoms with Crippen LogP contribution in [0, 0.1) is 6.92 Å². The number of hydrogen-bond acceptors (Lipinski definition) is 4. The molecule has 0 aromatic heterocycles. The van der Waals surface area contributed by atoms with E-state index in [-0.39, 0.29) is 18.7 Å². The highest BCUT2D eigenvalue weighted by Gasteiger charge is 2.27. The lowest BCUT2D eigenvalue weighted by Gasteiger charge is -2.13. The fourth-order valence-corrected chi connectivity index (χ4v) is 1.73. The van der Waals surface area contributed by atoms with Crippen LogP contribution in [-0.2, 0) is 9.47 Å². The zero-order valence-corrected chi connectivity index (χ0v) is 9.76. The topological polar surface area (TPSA) is 55.8 Å². The molecule has 1 fully saturated rings. The molecule has 2 atom stereocenters. The Morgan fingerprint density at radius 2 is 2.18 bits per heavy atom. The molecule has 92 valence electrons. The van der Waals surface area contributed by atoms with Crippen LogP contribution in [0.2, 0.25) is 0 Å². The van der Waals surface area contributed by atoms with Gasteiger partial charge in [-0.25, -0.2) is 4.79 Å². The van der Waals surface area contributed by atoms with Gasteiger partial charge < -0.3 is 14.6 Å². The number of aliphatic hydroxyl groups excluding tert-OH is 1. The Hall–Kier alpha value is -1.39. The number of rotatable bonds is 3. The van der Waals surface area contributed by atoms with E-state index in [4.69, 9.17) is 9.47 Å². The van der Waals surface area contributed by atoms with Gasteiger partial charge in [-0.2, -0.15) is 0 Å². The van der Waals surface area contributed by atoms with E-state index in [1.807, 2.05) is 19.1 Å². The molecule has 0 saturated carbocycles. The average Bonchev–Trinajstić information content (AvgIpc) is 2.73. The van der Waals surface area contributed by atoms with Crippen LogP contribution >= 0.6 is 0 Å². The molecule has 1 aromatic rings. The van der Waals surface area contributed by atoms with E-state index in [2.05, 4.69) is 0 Å². The van der Waals surface area contributed by atoms with Crippen molar-refractivity contribution in [1.82, 2.24) is 0 Å². The van der Waals surface area contributed by atoms with Gasteiger partial charge in [0.2, 0.25) is 0 Å². The van der Waals surface area contributed by atoms with Crippen LogP contribution in [0.1, 0.15) is 22.3 Å². The van der Waals surface area contributed by atoms with Crippen molar-refractivity contribution >= 4 is 5.97 Å². The summed E-state index contributed by atoms with van der Waals surface area (Å²) in [6.45, 7) is 2.58. The van der Waals surface area contributed by atoms with Crippen LogP contribution in [0.5, 0.6) is 0 Å². The van der Waals surface area contributed by atoms with Gasteiger partial charge in [-0.05, 0) is 25.5 Å². The second-order valence-electron chi connectivity index (χ2n) is 4.23. The summed E-state index contributed by atoms with van der Waals surface area (Å²) in [5.74, 6) is -0.382. The molecular weight excluding hydrogens is 220 g/mol. The normalized spacial score (nSPS) is 23.6. The molecule has 0 radical (unpaired) electrons. The summed E-state index contributed by atoms with van der Waals surface area (Å²) in [4.78, 5) is 11.7. The first-order valence-electron chi connectivity index (χ1n) is 5.70.